The van der Waals surface area contributed by atoms with Crippen LogP contribution in [-0.4, -0.2) is 15.5 Å². The highest BCUT2D eigenvalue weighted by Crippen LogP contribution is 2.13. The van der Waals surface area contributed by atoms with Crippen molar-refractivity contribution in [2.75, 3.05) is 5.32 Å². The molecule has 2 aromatic rings. The Bertz CT molecular complexity index is 825. The molecule has 0 unspecified atom stereocenters. The monoisotopic (exact) mass is 347 g/mol. The molecule has 0 atom stereocenters. The second-order valence-corrected chi connectivity index (χ2v) is 5.87. The molecule has 0 spiro atoms. The summed E-state index contributed by atoms with van der Waals surface area (Å²) in [4.78, 5) is 36.5. The zero-order valence-electron chi connectivity index (χ0n) is 14.2. The lowest BCUT2D eigenvalue weighted by Crippen LogP contribution is -2.30. The first-order chi connectivity index (χ1) is 12.0. The summed E-state index contributed by atoms with van der Waals surface area (Å²) < 4.78 is 14.3. The number of carbonyl (C=O) groups excluding carboxylic acids is 1. The summed E-state index contributed by atoms with van der Waals surface area (Å²) in [5, 5.41) is 2.79. The first-order valence-corrected chi connectivity index (χ1v) is 8.43. The number of benzene rings is 1. The van der Waals surface area contributed by atoms with Gasteiger partial charge in [0.2, 0.25) is 11.7 Å². The van der Waals surface area contributed by atoms with E-state index in [1.807, 2.05) is 4.98 Å². The zero-order chi connectivity index (χ0) is 18.2. The van der Waals surface area contributed by atoms with Crippen LogP contribution in [0.1, 0.15) is 45.4 Å². The molecule has 1 heterocycles. The summed E-state index contributed by atoms with van der Waals surface area (Å²) in [5.74, 6) is -1.10. The molecule has 1 aromatic heterocycles. The average Bonchev–Trinajstić information content (AvgIpc) is 2.59. The Kier molecular flexibility index (Phi) is 6.68. The van der Waals surface area contributed by atoms with Crippen molar-refractivity contribution in [3.8, 4) is 5.69 Å². The normalized spacial score (nSPS) is 10.6. The third-order valence-corrected chi connectivity index (χ3v) is 3.84. The molecule has 0 bridgehead atoms. The molecule has 2 N–H and O–H groups in total. The van der Waals surface area contributed by atoms with Gasteiger partial charge in [-0.15, -0.1) is 0 Å². The van der Waals surface area contributed by atoms with Gasteiger partial charge in [0.25, 0.3) is 5.56 Å². The quantitative estimate of drug-likeness (QED) is 0.720. The molecule has 0 aliphatic carbocycles. The van der Waals surface area contributed by atoms with Crippen LogP contribution < -0.4 is 16.6 Å². The van der Waals surface area contributed by atoms with Gasteiger partial charge < -0.3 is 5.32 Å². The van der Waals surface area contributed by atoms with Crippen molar-refractivity contribution >= 4 is 11.6 Å². The van der Waals surface area contributed by atoms with Gasteiger partial charge in [-0.05, 0) is 30.7 Å². The number of hydrogen-bond donors (Lipinski definition) is 2. The van der Waals surface area contributed by atoms with Crippen LogP contribution in [0.4, 0.5) is 10.1 Å². The van der Waals surface area contributed by atoms with Crippen molar-refractivity contribution in [3.63, 3.8) is 0 Å². The third kappa shape index (κ3) is 5.41. The van der Waals surface area contributed by atoms with E-state index < -0.39 is 17.1 Å². The minimum Gasteiger partial charge on any atom is -0.326 e. The molecule has 134 valence electrons. The number of aromatic amines is 1. The fraction of sp³-hybridized carbons (Fsp3) is 0.389. The molecule has 0 saturated carbocycles. The van der Waals surface area contributed by atoms with Crippen LogP contribution in [0.5, 0.6) is 0 Å². The predicted octanol–water partition coefficient (Wildman–Crippen LogP) is 2.96. The Hall–Kier alpha value is -2.70. The molecule has 7 heteroatoms. The van der Waals surface area contributed by atoms with E-state index in [4.69, 9.17) is 0 Å². The van der Waals surface area contributed by atoms with E-state index >= 15 is 0 Å². The number of halogens is 1. The van der Waals surface area contributed by atoms with E-state index in [1.54, 1.807) is 24.3 Å². The maximum absolute atomic E-state index is 13.3. The van der Waals surface area contributed by atoms with Gasteiger partial charge in [-0.3, -0.25) is 19.1 Å². The highest BCUT2D eigenvalue weighted by atomic mass is 19.1. The van der Waals surface area contributed by atoms with Crippen molar-refractivity contribution in [1.29, 1.82) is 0 Å². The molecule has 25 heavy (non-hydrogen) atoms. The van der Waals surface area contributed by atoms with E-state index in [1.165, 1.54) is 12.8 Å². The highest BCUT2D eigenvalue weighted by molar-refractivity contribution is 5.90. The summed E-state index contributed by atoms with van der Waals surface area (Å²) in [6, 6.07) is 6.38. The van der Waals surface area contributed by atoms with E-state index in [0.29, 0.717) is 17.8 Å². The Balaban J connectivity index is 1.96. The van der Waals surface area contributed by atoms with Gasteiger partial charge in [0.05, 0.1) is 11.9 Å². The number of hydrogen-bond acceptors (Lipinski definition) is 3. The molecule has 0 radical (unpaired) electrons. The van der Waals surface area contributed by atoms with Crippen molar-refractivity contribution in [1.82, 2.24) is 9.55 Å². The highest BCUT2D eigenvalue weighted by Gasteiger charge is 2.07. The molecular formula is C18H22FN3O3. The SMILES string of the molecule is CCCCCCCC(=O)Nc1ccc(-n2cc(F)c(=O)[nH]c2=O)cc1. The second kappa shape index (κ2) is 8.96. The minimum atomic E-state index is -1.05. The minimum absolute atomic E-state index is 0.0588. The van der Waals surface area contributed by atoms with Gasteiger partial charge in [0.15, 0.2) is 0 Å². The molecule has 1 amide bonds. The number of amides is 1. The second-order valence-electron chi connectivity index (χ2n) is 5.87. The Morgan fingerprint density at radius 1 is 1.12 bits per heavy atom. The third-order valence-electron chi connectivity index (χ3n) is 3.84. The van der Waals surface area contributed by atoms with Crippen LogP contribution in [0.15, 0.2) is 40.1 Å². The van der Waals surface area contributed by atoms with Crippen LogP contribution in [0.25, 0.3) is 5.69 Å². The van der Waals surface area contributed by atoms with Crippen molar-refractivity contribution in [3.05, 3.63) is 57.1 Å². The van der Waals surface area contributed by atoms with E-state index in [2.05, 4.69) is 12.2 Å². The fourth-order valence-electron chi connectivity index (χ4n) is 2.46. The summed E-state index contributed by atoms with van der Waals surface area (Å²) in [6.45, 7) is 2.14. The van der Waals surface area contributed by atoms with Crippen molar-refractivity contribution in [2.24, 2.45) is 0 Å². The standard InChI is InChI=1S/C18H22FN3O3/c1-2-3-4-5-6-7-16(23)20-13-8-10-14(11-9-13)22-12-15(19)17(24)21-18(22)25/h8-12H,2-7H2,1H3,(H,20,23)(H,21,24,25). The summed E-state index contributed by atoms with van der Waals surface area (Å²) in [6.07, 6.45) is 6.70. The summed E-state index contributed by atoms with van der Waals surface area (Å²) >= 11 is 0. The van der Waals surface area contributed by atoms with Crippen LogP contribution in [-0.2, 0) is 4.79 Å². The van der Waals surface area contributed by atoms with Crippen LogP contribution >= 0.6 is 0 Å². The number of rotatable bonds is 8. The lowest BCUT2D eigenvalue weighted by molar-refractivity contribution is -0.116. The van der Waals surface area contributed by atoms with Crippen molar-refractivity contribution in [2.45, 2.75) is 45.4 Å². The molecule has 0 fully saturated rings. The number of H-pyrrole nitrogens is 1. The topological polar surface area (TPSA) is 84.0 Å². The molecule has 2 rings (SSSR count). The van der Waals surface area contributed by atoms with Gasteiger partial charge in [-0.1, -0.05) is 32.6 Å². The molecule has 0 aliphatic rings. The average molecular weight is 347 g/mol. The van der Waals surface area contributed by atoms with Crippen LogP contribution in [0.3, 0.4) is 0 Å². The first-order valence-electron chi connectivity index (χ1n) is 8.43. The maximum atomic E-state index is 13.3. The largest absolute Gasteiger partial charge is 0.333 e. The molecule has 1 aromatic carbocycles. The number of anilines is 1. The number of nitrogens with one attached hydrogen (secondary N) is 2. The summed E-state index contributed by atoms with van der Waals surface area (Å²) in [7, 11) is 0. The fourth-order valence-corrected chi connectivity index (χ4v) is 2.46. The van der Waals surface area contributed by atoms with E-state index in [9.17, 15) is 18.8 Å². The lowest BCUT2D eigenvalue weighted by Gasteiger charge is -2.08. The Morgan fingerprint density at radius 2 is 1.80 bits per heavy atom. The summed E-state index contributed by atoms with van der Waals surface area (Å²) in [5.41, 5.74) is -0.794. The van der Waals surface area contributed by atoms with E-state index in [0.717, 1.165) is 30.0 Å². The Labute approximate surface area is 144 Å². The number of aromatic nitrogens is 2. The maximum Gasteiger partial charge on any atom is 0.333 e. The van der Waals surface area contributed by atoms with Gasteiger partial charge in [-0.25, -0.2) is 4.79 Å². The van der Waals surface area contributed by atoms with Crippen LogP contribution in [0, 0.1) is 5.82 Å². The van der Waals surface area contributed by atoms with Gasteiger partial charge in [-0.2, -0.15) is 4.39 Å². The Morgan fingerprint density at radius 3 is 2.48 bits per heavy atom. The lowest BCUT2D eigenvalue weighted by atomic mass is 10.1. The molecular weight excluding hydrogens is 325 g/mol. The predicted molar refractivity (Wildman–Crippen MR) is 94.6 cm³/mol. The van der Waals surface area contributed by atoms with Gasteiger partial charge in [0.1, 0.15) is 0 Å². The first kappa shape index (κ1) is 18.6. The van der Waals surface area contributed by atoms with Gasteiger partial charge in [0, 0.05) is 12.1 Å². The number of unbranched alkanes of at least 4 members (excludes halogenated alkanes) is 4. The van der Waals surface area contributed by atoms with Gasteiger partial charge >= 0.3 is 5.69 Å². The zero-order valence-corrected chi connectivity index (χ0v) is 14.2. The molecule has 0 saturated heterocycles. The van der Waals surface area contributed by atoms with Crippen LogP contribution in [0.2, 0.25) is 0 Å². The number of carbonyl (C=O) groups is 1. The van der Waals surface area contributed by atoms with Crippen molar-refractivity contribution < 1.29 is 9.18 Å². The smallest absolute Gasteiger partial charge is 0.326 e. The number of nitrogens with zero attached hydrogens (tertiary/aromatic N) is 1. The van der Waals surface area contributed by atoms with E-state index in [-0.39, 0.29) is 5.91 Å². The molecule has 6 nitrogen and oxygen atoms in total. The molecule has 0 aliphatic heterocycles.